The molecule has 0 radical (unpaired) electrons. The van der Waals surface area contributed by atoms with Gasteiger partial charge in [-0.05, 0) is 54.8 Å². The Morgan fingerprint density at radius 3 is 1.84 bits per heavy atom. The van der Waals surface area contributed by atoms with E-state index in [0.717, 1.165) is 19.3 Å². The molecule has 204 valence electrons. The number of hydrogen-bond donors (Lipinski definition) is 4. The van der Waals surface area contributed by atoms with Crippen molar-refractivity contribution in [3.05, 3.63) is 69.8 Å². The molecule has 0 saturated carbocycles. The predicted molar refractivity (Wildman–Crippen MR) is 133 cm³/mol. The maximum absolute atomic E-state index is 12.5. The number of hydrogen-bond acceptors (Lipinski definition) is 9. The molecule has 0 heterocycles. The van der Waals surface area contributed by atoms with Crippen LogP contribution in [-0.2, 0) is 20.9 Å². The van der Waals surface area contributed by atoms with Crippen LogP contribution in [0.15, 0.2) is 36.4 Å². The van der Waals surface area contributed by atoms with Crippen molar-refractivity contribution in [2.45, 2.75) is 32.3 Å². The van der Waals surface area contributed by atoms with Gasteiger partial charge in [0.25, 0.3) is 5.91 Å². The summed E-state index contributed by atoms with van der Waals surface area (Å²) in [5.74, 6) is -4.27. The maximum atomic E-state index is 12.5. The second-order valence-electron chi connectivity index (χ2n) is 8.08. The molecule has 0 spiro atoms. The van der Waals surface area contributed by atoms with E-state index in [1.54, 1.807) is 0 Å². The van der Waals surface area contributed by atoms with E-state index in [-0.39, 0.29) is 34.4 Å². The molecule has 0 aliphatic heterocycles. The van der Waals surface area contributed by atoms with E-state index in [1.165, 1.54) is 50.6 Å². The summed E-state index contributed by atoms with van der Waals surface area (Å²) in [5, 5.41) is 21.3. The Bertz CT molecular complexity index is 1180. The first-order chi connectivity index (χ1) is 18.2. The van der Waals surface area contributed by atoms with Crippen molar-refractivity contribution >= 4 is 29.8 Å². The van der Waals surface area contributed by atoms with Crippen molar-refractivity contribution in [1.82, 2.24) is 10.8 Å². The van der Waals surface area contributed by atoms with E-state index in [1.807, 2.05) is 0 Å². The standard InChI is InChI=1S/C26H30N2O10/c1-36-25(34)16-7-9-19(23(30)31)18(13-16)15-38-28-12-6-4-3-5-11-27-22(29)21-14-17(26(35)37-2)8-10-20(21)24(32)33/h7-10,13-14,28H,3-6,11-12,15H2,1-2H3,(H,27,29)(H,30,31)(H,32,33). The summed E-state index contributed by atoms with van der Waals surface area (Å²) in [4.78, 5) is 64.0. The van der Waals surface area contributed by atoms with E-state index in [9.17, 15) is 34.2 Å². The molecule has 12 heteroatoms. The van der Waals surface area contributed by atoms with Crippen LogP contribution in [0.5, 0.6) is 0 Å². The lowest BCUT2D eigenvalue weighted by molar-refractivity contribution is 0.0262. The number of esters is 2. The van der Waals surface area contributed by atoms with Crippen molar-refractivity contribution in [3.63, 3.8) is 0 Å². The van der Waals surface area contributed by atoms with Crippen molar-refractivity contribution in [3.8, 4) is 0 Å². The smallest absolute Gasteiger partial charge is 0.337 e. The van der Waals surface area contributed by atoms with Crippen LogP contribution in [-0.4, -0.2) is 67.3 Å². The first kappa shape index (κ1) is 29.9. The van der Waals surface area contributed by atoms with E-state index < -0.39 is 29.8 Å². The second-order valence-corrected chi connectivity index (χ2v) is 8.08. The molecule has 4 N–H and O–H groups in total. The number of carboxylic acids is 2. The van der Waals surface area contributed by atoms with Crippen LogP contribution < -0.4 is 10.8 Å². The molecule has 12 nitrogen and oxygen atoms in total. The molecular weight excluding hydrogens is 500 g/mol. The number of aromatic carboxylic acids is 2. The van der Waals surface area contributed by atoms with Gasteiger partial charge in [-0.15, -0.1) is 0 Å². The number of nitrogens with one attached hydrogen (secondary N) is 2. The maximum Gasteiger partial charge on any atom is 0.337 e. The van der Waals surface area contributed by atoms with Gasteiger partial charge in [0.15, 0.2) is 0 Å². The molecule has 38 heavy (non-hydrogen) atoms. The summed E-state index contributed by atoms with van der Waals surface area (Å²) >= 11 is 0. The number of rotatable bonds is 15. The van der Waals surface area contributed by atoms with Crippen LogP contribution >= 0.6 is 0 Å². The molecular formula is C26H30N2O10. The van der Waals surface area contributed by atoms with E-state index in [4.69, 9.17) is 4.84 Å². The molecule has 2 aromatic carbocycles. The van der Waals surface area contributed by atoms with Gasteiger partial charge in [-0.25, -0.2) is 24.7 Å². The first-order valence-electron chi connectivity index (χ1n) is 11.7. The minimum atomic E-state index is -1.28. The molecule has 0 fully saturated rings. The summed E-state index contributed by atoms with van der Waals surface area (Å²) in [6, 6.07) is 7.78. The van der Waals surface area contributed by atoms with Gasteiger partial charge >= 0.3 is 23.9 Å². The highest BCUT2D eigenvalue weighted by Crippen LogP contribution is 2.15. The zero-order valence-corrected chi connectivity index (χ0v) is 21.1. The van der Waals surface area contributed by atoms with Crippen LogP contribution in [0.1, 0.15) is 83.0 Å². The van der Waals surface area contributed by atoms with Gasteiger partial charge in [-0.2, -0.15) is 0 Å². The zero-order valence-electron chi connectivity index (χ0n) is 21.1. The van der Waals surface area contributed by atoms with Crippen molar-refractivity contribution in [2.24, 2.45) is 0 Å². The molecule has 0 aliphatic rings. The highest BCUT2D eigenvalue weighted by Gasteiger charge is 2.19. The van der Waals surface area contributed by atoms with Gasteiger partial charge in [0.05, 0.1) is 48.6 Å². The van der Waals surface area contributed by atoms with Crippen molar-refractivity contribution in [1.29, 1.82) is 0 Å². The van der Waals surface area contributed by atoms with Gasteiger partial charge in [-0.1, -0.05) is 12.8 Å². The molecule has 2 aromatic rings. The molecule has 0 atom stereocenters. The Kier molecular flexibility index (Phi) is 11.9. The molecule has 0 unspecified atom stereocenters. The van der Waals surface area contributed by atoms with Crippen LogP contribution in [0.3, 0.4) is 0 Å². The van der Waals surface area contributed by atoms with Gasteiger partial charge in [-0.3, -0.25) is 9.63 Å². The minimum Gasteiger partial charge on any atom is -0.478 e. The zero-order chi connectivity index (χ0) is 28.1. The average molecular weight is 531 g/mol. The summed E-state index contributed by atoms with van der Waals surface area (Å²) in [7, 11) is 2.43. The number of methoxy groups -OCH3 is 2. The largest absolute Gasteiger partial charge is 0.478 e. The monoisotopic (exact) mass is 530 g/mol. The molecule has 0 aromatic heterocycles. The highest BCUT2D eigenvalue weighted by molar-refractivity contribution is 6.06. The Morgan fingerprint density at radius 1 is 0.711 bits per heavy atom. The normalized spacial score (nSPS) is 10.5. The van der Waals surface area contributed by atoms with E-state index in [0.29, 0.717) is 25.1 Å². The molecule has 2 rings (SSSR count). The van der Waals surface area contributed by atoms with E-state index >= 15 is 0 Å². The van der Waals surface area contributed by atoms with Crippen molar-refractivity contribution in [2.75, 3.05) is 27.3 Å². The predicted octanol–water partition coefficient (Wildman–Crippen LogP) is 2.67. The quantitative estimate of drug-likeness (QED) is 0.151. The lowest BCUT2D eigenvalue weighted by atomic mass is 10.0. The van der Waals surface area contributed by atoms with Crippen LogP contribution in [0, 0.1) is 0 Å². The van der Waals surface area contributed by atoms with Crippen LogP contribution in [0.25, 0.3) is 0 Å². The van der Waals surface area contributed by atoms with Gasteiger partial charge in [0, 0.05) is 13.1 Å². The van der Waals surface area contributed by atoms with Crippen molar-refractivity contribution < 1.29 is 48.5 Å². The number of unbranched alkanes of at least 4 members (excludes halogenated alkanes) is 3. The molecule has 0 aliphatic carbocycles. The SMILES string of the molecule is COC(=O)c1ccc(C(=O)O)c(CONCCCCCCNC(=O)c2cc(C(=O)OC)ccc2C(=O)O)c1. The Hall–Kier alpha value is -4.29. The van der Waals surface area contributed by atoms with Gasteiger partial charge in [0.2, 0.25) is 0 Å². The minimum absolute atomic E-state index is 0.0222. The first-order valence-corrected chi connectivity index (χ1v) is 11.7. The molecule has 0 saturated heterocycles. The Labute approximate surface area is 218 Å². The van der Waals surface area contributed by atoms with Crippen LogP contribution in [0.4, 0.5) is 0 Å². The lowest BCUT2D eigenvalue weighted by Gasteiger charge is -2.10. The van der Waals surface area contributed by atoms with Gasteiger partial charge < -0.3 is 25.0 Å². The fourth-order valence-corrected chi connectivity index (χ4v) is 3.50. The molecule has 0 bridgehead atoms. The third-order valence-electron chi connectivity index (χ3n) is 5.49. The number of amides is 1. The number of carboxylic acid groups (broad SMARTS) is 2. The average Bonchev–Trinajstić information content (AvgIpc) is 2.92. The summed E-state index contributed by atoms with van der Waals surface area (Å²) in [5.41, 5.74) is 3.07. The third kappa shape index (κ3) is 8.68. The molecule has 1 amide bonds. The number of carbonyl (C=O) groups is 5. The van der Waals surface area contributed by atoms with Crippen LogP contribution in [0.2, 0.25) is 0 Å². The lowest BCUT2D eigenvalue weighted by Crippen LogP contribution is -2.27. The number of ether oxygens (including phenoxy) is 2. The summed E-state index contributed by atoms with van der Waals surface area (Å²) in [6.07, 6.45) is 2.98. The van der Waals surface area contributed by atoms with Gasteiger partial charge in [0.1, 0.15) is 0 Å². The third-order valence-corrected chi connectivity index (χ3v) is 5.49. The fourth-order valence-electron chi connectivity index (χ4n) is 3.50. The fraction of sp³-hybridized carbons (Fsp3) is 0.346. The van der Waals surface area contributed by atoms with E-state index in [2.05, 4.69) is 20.3 Å². The topological polar surface area (TPSA) is 178 Å². The summed E-state index contributed by atoms with van der Waals surface area (Å²) in [6.45, 7) is 0.751. The highest BCUT2D eigenvalue weighted by atomic mass is 16.6. The number of benzene rings is 2. The Balaban J connectivity index is 1.71. The second kappa shape index (κ2) is 15.1. The summed E-state index contributed by atoms with van der Waals surface area (Å²) < 4.78 is 9.26. The number of carbonyl (C=O) groups excluding carboxylic acids is 3. The Morgan fingerprint density at radius 2 is 1.26 bits per heavy atom. The number of hydroxylamine groups is 1.